The largest absolute Gasteiger partial charge is 0.345 e. The number of nitrogens with one attached hydrogen (secondary N) is 1. The first kappa shape index (κ1) is 16.5. The van der Waals surface area contributed by atoms with Crippen molar-refractivity contribution < 1.29 is 0 Å². The summed E-state index contributed by atoms with van der Waals surface area (Å²) >= 11 is 1.64. The van der Waals surface area contributed by atoms with Crippen molar-refractivity contribution in [2.75, 3.05) is 5.32 Å². The summed E-state index contributed by atoms with van der Waals surface area (Å²) < 4.78 is 2.26. The molecule has 0 unspecified atom stereocenters. The van der Waals surface area contributed by atoms with Gasteiger partial charge >= 0.3 is 0 Å². The molecule has 0 radical (unpaired) electrons. The zero-order chi connectivity index (χ0) is 17.3. The Hall–Kier alpha value is -2.33. The van der Waals surface area contributed by atoms with Crippen LogP contribution in [0.3, 0.4) is 0 Å². The number of anilines is 2. The van der Waals surface area contributed by atoms with Gasteiger partial charge in [-0.25, -0.2) is 4.98 Å². The Balaban J connectivity index is 1.90. The van der Waals surface area contributed by atoms with Gasteiger partial charge in [0.15, 0.2) is 5.13 Å². The summed E-state index contributed by atoms with van der Waals surface area (Å²) in [6.07, 6.45) is 1.93. The Kier molecular flexibility index (Phi) is 4.58. The van der Waals surface area contributed by atoms with Crippen LogP contribution in [-0.4, -0.2) is 9.55 Å². The van der Waals surface area contributed by atoms with Crippen molar-refractivity contribution in [1.82, 2.24) is 9.55 Å². The molecule has 0 spiro atoms. The van der Waals surface area contributed by atoms with E-state index >= 15 is 0 Å². The molecule has 4 heteroatoms. The lowest BCUT2D eigenvalue weighted by atomic mass is 10.1. The molecule has 3 nitrogen and oxygen atoms in total. The number of nitrogens with zero attached hydrogens (tertiary/aromatic N) is 2. The Labute approximate surface area is 147 Å². The number of hydrogen-bond donors (Lipinski definition) is 1. The van der Waals surface area contributed by atoms with Gasteiger partial charge in [0.05, 0.1) is 5.69 Å². The van der Waals surface area contributed by atoms with Crippen LogP contribution < -0.4 is 5.32 Å². The quantitative estimate of drug-likeness (QED) is 0.599. The van der Waals surface area contributed by atoms with Gasteiger partial charge in [0.25, 0.3) is 0 Å². The summed E-state index contributed by atoms with van der Waals surface area (Å²) in [4.78, 5) is 4.79. The second-order valence-electron chi connectivity index (χ2n) is 6.17. The molecule has 0 bridgehead atoms. The maximum atomic E-state index is 4.79. The highest BCUT2D eigenvalue weighted by atomic mass is 32.1. The molecule has 0 amide bonds. The Morgan fingerprint density at radius 3 is 2.75 bits per heavy atom. The summed E-state index contributed by atoms with van der Waals surface area (Å²) in [5.74, 6) is 0. The Bertz CT molecular complexity index is 886. The number of rotatable bonds is 5. The van der Waals surface area contributed by atoms with E-state index < -0.39 is 0 Å². The van der Waals surface area contributed by atoms with Crippen LogP contribution in [0.5, 0.6) is 0 Å². The van der Waals surface area contributed by atoms with E-state index in [1.807, 2.05) is 6.08 Å². The van der Waals surface area contributed by atoms with Crippen molar-refractivity contribution >= 4 is 22.2 Å². The maximum absolute atomic E-state index is 4.79. The number of hydrogen-bond acceptors (Lipinski definition) is 3. The van der Waals surface area contributed by atoms with Crippen molar-refractivity contribution in [1.29, 1.82) is 0 Å². The standard InChI is InChI=1S/C20H23N3S/c1-6-9-23-15(4)11-17(16(23)5)19-12-24-20(22-19)21-18-10-13(2)7-8-14(18)3/h6-8,10-12H,1,9H2,2-5H3,(H,21,22). The summed E-state index contributed by atoms with van der Waals surface area (Å²) in [6.45, 7) is 13.2. The van der Waals surface area contributed by atoms with Crippen molar-refractivity contribution in [3.05, 3.63) is 64.8 Å². The molecule has 0 saturated heterocycles. The maximum Gasteiger partial charge on any atom is 0.187 e. The fourth-order valence-electron chi connectivity index (χ4n) is 2.91. The van der Waals surface area contributed by atoms with Gasteiger partial charge in [-0.3, -0.25) is 0 Å². The molecule has 0 aliphatic rings. The first-order valence-electron chi connectivity index (χ1n) is 8.07. The van der Waals surface area contributed by atoms with Crippen LogP contribution in [0.15, 0.2) is 42.3 Å². The van der Waals surface area contributed by atoms with Gasteiger partial charge in [-0.05, 0) is 51.0 Å². The van der Waals surface area contributed by atoms with Gasteiger partial charge in [-0.15, -0.1) is 17.9 Å². The second kappa shape index (κ2) is 6.65. The average Bonchev–Trinajstić information content (AvgIpc) is 3.11. The molecule has 2 aromatic heterocycles. The molecule has 0 aliphatic carbocycles. The van der Waals surface area contributed by atoms with E-state index in [1.54, 1.807) is 11.3 Å². The van der Waals surface area contributed by atoms with Gasteiger partial charge in [0, 0.05) is 34.6 Å². The first-order chi connectivity index (χ1) is 11.5. The van der Waals surface area contributed by atoms with Crippen LogP contribution in [0.4, 0.5) is 10.8 Å². The highest BCUT2D eigenvalue weighted by molar-refractivity contribution is 7.14. The van der Waals surface area contributed by atoms with E-state index in [-0.39, 0.29) is 0 Å². The van der Waals surface area contributed by atoms with Gasteiger partial charge in [-0.2, -0.15) is 0 Å². The second-order valence-corrected chi connectivity index (χ2v) is 7.02. The van der Waals surface area contributed by atoms with Crippen LogP contribution >= 0.6 is 11.3 Å². The fraction of sp³-hybridized carbons (Fsp3) is 0.250. The van der Waals surface area contributed by atoms with Crippen LogP contribution in [0.25, 0.3) is 11.3 Å². The molecule has 0 atom stereocenters. The molecule has 1 N–H and O–H groups in total. The number of aryl methyl sites for hydroxylation is 3. The molecule has 1 aromatic carbocycles. The lowest BCUT2D eigenvalue weighted by Crippen LogP contribution is -1.99. The third-order valence-corrected chi connectivity index (χ3v) is 5.06. The summed E-state index contributed by atoms with van der Waals surface area (Å²) in [6, 6.07) is 8.62. The number of benzene rings is 1. The molecule has 2 heterocycles. The van der Waals surface area contributed by atoms with E-state index in [0.29, 0.717) is 0 Å². The predicted octanol–water partition coefficient (Wildman–Crippen LogP) is 5.77. The minimum Gasteiger partial charge on any atom is -0.345 e. The summed E-state index contributed by atoms with van der Waals surface area (Å²) in [5, 5.41) is 6.50. The fourth-order valence-corrected chi connectivity index (χ4v) is 3.63. The predicted molar refractivity (Wildman–Crippen MR) is 104 cm³/mol. The minimum absolute atomic E-state index is 0.829. The van der Waals surface area contributed by atoms with Crippen molar-refractivity contribution in [3.63, 3.8) is 0 Å². The number of aromatic nitrogens is 2. The molecule has 0 aliphatic heterocycles. The molecule has 0 saturated carbocycles. The average molecular weight is 337 g/mol. The summed E-state index contributed by atoms with van der Waals surface area (Å²) in [7, 11) is 0. The van der Waals surface area contributed by atoms with Gasteiger partial charge in [0.2, 0.25) is 0 Å². The SMILES string of the molecule is C=CCn1c(C)cc(-c2csc(Nc3cc(C)ccc3C)n2)c1C. The molecule has 3 rings (SSSR count). The highest BCUT2D eigenvalue weighted by Crippen LogP contribution is 2.31. The highest BCUT2D eigenvalue weighted by Gasteiger charge is 2.13. The first-order valence-corrected chi connectivity index (χ1v) is 8.95. The van der Waals surface area contributed by atoms with Crippen molar-refractivity contribution in [2.45, 2.75) is 34.2 Å². The van der Waals surface area contributed by atoms with Crippen molar-refractivity contribution in [3.8, 4) is 11.3 Å². The smallest absolute Gasteiger partial charge is 0.187 e. The normalized spacial score (nSPS) is 10.8. The lowest BCUT2D eigenvalue weighted by Gasteiger charge is -2.07. The van der Waals surface area contributed by atoms with E-state index in [2.05, 4.69) is 73.8 Å². The van der Waals surface area contributed by atoms with Crippen LogP contribution in [0, 0.1) is 27.7 Å². The van der Waals surface area contributed by atoms with Crippen LogP contribution in [0.2, 0.25) is 0 Å². The van der Waals surface area contributed by atoms with Gasteiger partial charge in [-0.1, -0.05) is 18.2 Å². The number of thiazole rings is 1. The molecule has 3 aromatic rings. The van der Waals surface area contributed by atoms with Gasteiger partial charge in [0.1, 0.15) is 0 Å². The molecular weight excluding hydrogens is 314 g/mol. The molecule has 0 fully saturated rings. The van der Waals surface area contributed by atoms with Gasteiger partial charge < -0.3 is 9.88 Å². The van der Waals surface area contributed by atoms with E-state index in [4.69, 9.17) is 4.98 Å². The zero-order valence-corrected chi connectivity index (χ0v) is 15.5. The topological polar surface area (TPSA) is 29.9 Å². The third-order valence-electron chi connectivity index (χ3n) is 4.30. The molecular formula is C20H23N3S. The molecule has 24 heavy (non-hydrogen) atoms. The monoisotopic (exact) mass is 337 g/mol. The van der Waals surface area contributed by atoms with Crippen molar-refractivity contribution in [2.24, 2.45) is 0 Å². The van der Waals surface area contributed by atoms with E-state index in [1.165, 1.54) is 28.1 Å². The Morgan fingerprint density at radius 1 is 1.21 bits per heavy atom. The van der Waals surface area contributed by atoms with Crippen LogP contribution in [-0.2, 0) is 6.54 Å². The lowest BCUT2D eigenvalue weighted by molar-refractivity contribution is 0.770. The number of allylic oxidation sites excluding steroid dienone is 1. The van der Waals surface area contributed by atoms with Crippen LogP contribution in [0.1, 0.15) is 22.5 Å². The van der Waals surface area contributed by atoms with E-state index in [0.717, 1.165) is 23.1 Å². The zero-order valence-electron chi connectivity index (χ0n) is 14.7. The van der Waals surface area contributed by atoms with E-state index in [9.17, 15) is 0 Å². The Morgan fingerprint density at radius 2 is 2.00 bits per heavy atom. The summed E-state index contributed by atoms with van der Waals surface area (Å²) in [5.41, 5.74) is 8.27. The molecule has 124 valence electrons. The third kappa shape index (κ3) is 3.15. The minimum atomic E-state index is 0.829.